The molecule has 6 aromatic rings. The van der Waals surface area contributed by atoms with Crippen molar-refractivity contribution in [3.8, 4) is 11.1 Å². The summed E-state index contributed by atoms with van der Waals surface area (Å²) in [6.45, 7) is 3.78. The van der Waals surface area contributed by atoms with Crippen LogP contribution in [0.3, 0.4) is 0 Å². The topological polar surface area (TPSA) is 9.23 Å². The minimum Gasteiger partial charge on any atom is -0.380 e. The number of hydrogen-bond donors (Lipinski definition) is 0. The Kier molecular flexibility index (Phi) is 10.8. The van der Waals surface area contributed by atoms with E-state index < -0.39 is 39.3 Å². The van der Waals surface area contributed by atoms with Crippen LogP contribution in [0.5, 0.6) is 0 Å². The fourth-order valence-electron chi connectivity index (χ4n) is 6.48. The Bertz CT molecular complexity index is 2020. The molecular weight excluding hydrogens is 696 g/mol. The fourth-order valence-corrected chi connectivity index (χ4v) is 11.6. The van der Waals surface area contributed by atoms with E-state index in [-0.39, 0.29) is 29.1 Å². The monoisotopic (exact) mass is 730 g/mol. The summed E-state index contributed by atoms with van der Waals surface area (Å²) in [5, 5.41) is 3.66. The Hall–Kier alpha value is -4.28. The van der Waals surface area contributed by atoms with Gasteiger partial charge in [-0.15, -0.1) is 0 Å². The maximum absolute atomic E-state index is 15.6. The minimum atomic E-state index is -5.13. The van der Waals surface area contributed by atoms with Crippen LogP contribution in [0, 0.1) is 13.8 Å². The smallest absolute Gasteiger partial charge is 0.380 e. The molecule has 0 aliphatic rings. The lowest BCUT2D eigenvalue weighted by Gasteiger charge is -2.31. The minimum absolute atomic E-state index is 0.0165. The third-order valence-electron chi connectivity index (χ3n) is 8.74. The molecular formula is C42H34F6OP2. The van der Waals surface area contributed by atoms with Gasteiger partial charge in [0.2, 0.25) is 0 Å². The quantitative estimate of drug-likeness (QED) is 0.106. The van der Waals surface area contributed by atoms with Gasteiger partial charge in [-0.1, -0.05) is 121 Å². The van der Waals surface area contributed by atoms with Crippen molar-refractivity contribution in [2.24, 2.45) is 0 Å². The number of halogens is 6. The van der Waals surface area contributed by atoms with Crippen molar-refractivity contribution >= 4 is 47.7 Å². The third kappa shape index (κ3) is 7.67. The molecule has 0 saturated heterocycles. The predicted octanol–water partition coefficient (Wildman–Crippen LogP) is 9.67. The molecule has 0 spiro atoms. The zero-order valence-electron chi connectivity index (χ0n) is 28.1. The van der Waals surface area contributed by atoms with Crippen LogP contribution in [-0.4, -0.2) is 7.11 Å². The summed E-state index contributed by atoms with van der Waals surface area (Å²) in [7, 11) is -1.89. The molecule has 0 heterocycles. The molecule has 1 nitrogen and oxygen atoms in total. The number of methoxy groups -OCH3 is 1. The van der Waals surface area contributed by atoms with Gasteiger partial charge < -0.3 is 4.74 Å². The first kappa shape index (κ1) is 36.5. The molecule has 0 aliphatic heterocycles. The van der Waals surface area contributed by atoms with Crippen molar-refractivity contribution in [2.45, 2.75) is 32.8 Å². The zero-order valence-corrected chi connectivity index (χ0v) is 29.8. The predicted molar refractivity (Wildman–Crippen MR) is 199 cm³/mol. The number of benzene rings is 6. The lowest BCUT2D eigenvalue weighted by molar-refractivity contribution is -0.142. The Morgan fingerprint density at radius 1 is 0.510 bits per heavy atom. The Morgan fingerprint density at radius 3 is 1.25 bits per heavy atom. The molecule has 9 heteroatoms. The van der Waals surface area contributed by atoms with Crippen molar-refractivity contribution in [1.29, 1.82) is 0 Å². The van der Waals surface area contributed by atoms with Gasteiger partial charge in [-0.2, -0.15) is 26.3 Å². The van der Waals surface area contributed by atoms with Crippen LogP contribution in [0.4, 0.5) is 26.3 Å². The van der Waals surface area contributed by atoms with Crippen LogP contribution in [0.1, 0.15) is 27.8 Å². The second-order valence-corrected chi connectivity index (χ2v) is 16.4. The van der Waals surface area contributed by atoms with Crippen molar-refractivity contribution in [3.63, 3.8) is 0 Å². The summed E-state index contributed by atoms with van der Waals surface area (Å²) in [5.41, 5.74) is -0.573. The molecule has 0 N–H and O–H groups in total. The third-order valence-corrected chi connectivity index (χ3v) is 13.7. The number of aryl methyl sites for hydroxylation is 1. The number of alkyl halides is 6. The van der Waals surface area contributed by atoms with Crippen LogP contribution in [-0.2, 0) is 23.7 Å². The van der Waals surface area contributed by atoms with E-state index in [0.717, 1.165) is 22.2 Å². The van der Waals surface area contributed by atoms with Crippen molar-refractivity contribution < 1.29 is 31.1 Å². The second kappa shape index (κ2) is 15.1. The van der Waals surface area contributed by atoms with Crippen molar-refractivity contribution in [2.75, 3.05) is 7.11 Å². The molecule has 51 heavy (non-hydrogen) atoms. The molecule has 0 bridgehead atoms. The van der Waals surface area contributed by atoms with Crippen LogP contribution >= 0.6 is 15.8 Å². The molecule has 6 aromatic carbocycles. The first-order valence-electron chi connectivity index (χ1n) is 16.2. The number of hydrogen-bond acceptors (Lipinski definition) is 1. The molecule has 0 unspecified atom stereocenters. The summed E-state index contributed by atoms with van der Waals surface area (Å²) >= 11 is 0. The first-order valence-corrected chi connectivity index (χ1v) is 18.8. The highest BCUT2D eigenvalue weighted by atomic mass is 31.1. The fraction of sp³-hybridized carbons (Fsp3) is 0.143. The average Bonchev–Trinajstić information content (AvgIpc) is 3.11. The van der Waals surface area contributed by atoms with Crippen LogP contribution in [0.15, 0.2) is 140 Å². The first-order chi connectivity index (χ1) is 24.4. The molecule has 0 atom stereocenters. The van der Waals surface area contributed by atoms with Gasteiger partial charge in [-0.05, 0) is 102 Å². The van der Waals surface area contributed by atoms with Crippen molar-refractivity contribution in [3.05, 3.63) is 167 Å². The highest BCUT2D eigenvalue weighted by Crippen LogP contribution is 2.49. The molecule has 0 fully saturated rings. The maximum atomic E-state index is 15.6. The number of rotatable bonds is 9. The molecule has 260 valence electrons. The van der Waals surface area contributed by atoms with E-state index in [2.05, 4.69) is 0 Å². The molecule has 6 rings (SSSR count). The van der Waals surface area contributed by atoms with Gasteiger partial charge in [0.15, 0.2) is 0 Å². The van der Waals surface area contributed by atoms with E-state index in [9.17, 15) is 13.2 Å². The van der Waals surface area contributed by atoms with Crippen LogP contribution < -0.4 is 31.8 Å². The standard InChI is InChI=1S/C42H34F6OP2/c1-28-24-37(50(31-16-8-4-9-17-31)32-18-10-5-11-19-32)39(29(2)35(28)27-49-3)40-36(42(46,47)48)25-30(41(43,44)45)26-38(40)51(33-20-12-6-13-21-33)34-22-14-7-15-23-34/h4-26H,27H2,1-3H3. The van der Waals surface area contributed by atoms with Gasteiger partial charge >= 0.3 is 12.4 Å². The van der Waals surface area contributed by atoms with E-state index in [1.54, 1.807) is 67.6 Å². The SMILES string of the molecule is COCc1c(C)cc(P(c2ccccc2)c2ccccc2)c(-c2c(P(c3ccccc3)c3ccccc3)cc(C(F)(F)F)cc2C(F)(F)F)c1C. The van der Waals surface area contributed by atoms with E-state index in [1.807, 2.05) is 73.7 Å². The molecule has 0 saturated carbocycles. The van der Waals surface area contributed by atoms with Gasteiger partial charge in [0.25, 0.3) is 0 Å². The average molecular weight is 731 g/mol. The lowest BCUT2D eigenvalue weighted by Crippen LogP contribution is -2.30. The normalized spacial score (nSPS) is 12.1. The van der Waals surface area contributed by atoms with Gasteiger partial charge in [0, 0.05) is 12.7 Å². The zero-order chi connectivity index (χ0) is 36.3. The van der Waals surface area contributed by atoms with Crippen LogP contribution in [0.2, 0.25) is 0 Å². The van der Waals surface area contributed by atoms with E-state index in [0.29, 0.717) is 27.0 Å². The molecule has 0 amide bonds. The Balaban J connectivity index is 1.85. The molecule has 0 radical (unpaired) electrons. The van der Waals surface area contributed by atoms with Gasteiger partial charge in [-0.25, -0.2) is 0 Å². The number of ether oxygens (including phenoxy) is 1. The van der Waals surface area contributed by atoms with E-state index >= 15 is 13.2 Å². The van der Waals surface area contributed by atoms with E-state index in [4.69, 9.17) is 4.74 Å². The second-order valence-electron chi connectivity index (χ2n) is 12.1. The van der Waals surface area contributed by atoms with Gasteiger partial charge in [0.05, 0.1) is 17.7 Å². The van der Waals surface area contributed by atoms with Gasteiger partial charge in [-0.3, -0.25) is 0 Å². The summed E-state index contributed by atoms with van der Waals surface area (Å²) in [4.78, 5) is 0. The van der Waals surface area contributed by atoms with Crippen molar-refractivity contribution in [1.82, 2.24) is 0 Å². The summed E-state index contributed by atoms with van der Waals surface area (Å²) in [6.07, 6.45) is -10.2. The summed E-state index contributed by atoms with van der Waals surface area (Å²) < 4.78 is 96.5. The van der Waals surface area contributed by atoms with Crippen LogP contribution in [0.25, 0.3) is 11.1 Å². The van der Waals surface area contributed by atoms with Gasteiger partial charge in [0.1, 0.15) is 0 Å². The highest BCUT2D eigenvalue weighted by molar-refractivity contribution is 7.80. The summed E-state index contributed by atoms with van der Waals surface area (Å²) in [6, 6.07) is 40.0. The molecule has 0 aromatic heterocycles. The highest BCUT2D eigenvalue weighted by Gasteiger charge is 2.42. The Morgan fingerprint density at radius 2 is 0.902 bits per heavy atom. The Labute approximate surface area is 296 Å². The largest absolute Gasteiger partial charge is 0.417 e. The summed E-state index contributed by atoms with van der Waals surface area (Å²) in [5.74, 6) is 0. The van der Waals surface area contributed by atoms with E-state index in [1.165, 1.54) is 7.11 Å². The lowest BCUT2D eigenvalue weighted by atomic mass is 9.89. The maximum Gasteiger partial charge on any atom is 0.417 e. The molecule has 0 aliphatic carbocycles.